The van der Waals surface area contributed by atoms with Gasteiger partial charge in [-0.05, 0) is 29.4 Å². The number of guanidine groups is 1. The largest absolute Gasteiger partial charge is 1.00 e. The van der Waals surface area contributed by atoms with Gasteiger partial charge in [-0.25, -0.2) is 0 Å². The van der Waals surface area contributed by atoms with Crippen molar-refractivity contribution in [3.05, 3.63) is 36.7 Å². The first kappa shape index (κ1) is 13.3. The Morgan fingerprint density at radius 2 is 2.00 bits per heavy atom. The lowest BCUT2D eigenvalue weighted by Gasteiger charge is -2.03. The maximum absolute atomic E-state index is 5.10. The second kappa shape index (κ2) is 5.64. The first-order chi connectivity index (χ1) is 8.85. The number of rotatable bonds is 2. The average molecular weight is 278 g/mol. The first-order valence-electron chi connectivity index (χ1n) is 5.51. The molecule has 19 heavy (non-hydrogen) atoms. The van der Waals surface area contributed by atoms with Crippen molar-refractivity contribution in [1.82, 2.24) is 0 Å². The van der Waals surface area contributed by atoms with Gasteiger partial charge in [-0.1, -0.05) is 0 Å². The van der Waals surface area contributed by atoms with Crippen LogP contribution in [0.15, 0.2) is 51.8 Å². The highest BCUT2D eigenvalue weighted by Crippen LogP contribution is 2.15. The summed E-state index contributed by atoms with van der Waals surface area (Å²) in [4.78, 5) is 8.34. The van der Waals surface area contributed by atoms with Crippen molar-refractivity contribution in [3.8, 4) is 5.75 Å². The van der Waals surface area contributed by atoms with E-state index in [1.807, 2.05) is 30.5 Å². The number of fused-ring (bicyclic) bond motifs is 1. The van der Waals surface area contributed by atoms with Crippen LogP contribution in [0.5, 0.6) is 5.75 Å². The van der Waals surface area contributed by atoms with Gasteiger partial charge >= 0.3 is 0 Å². The molecule has 0 fully saturated rings. The number of anilines is 1. The maximum atomic E-state index is 5.10. The van der Waals surface area contributed by atoms with Gasteiger partial charge in [0.05, 0.1) is 13.3 Å². The molecule has 2 heterocycles. The van der Waals surface area contributed by atoms with Crippen molar-refractivity contribution in [2.45, 2.75) is 0 Å². The van der Waals surface area contributed by atoms with E-state index in [2.05, 4.69) is 20.4 Å². The Balaban J connectivity index is 0.00000133. The third-order valence-electron chi connectivity index (χ3n) is 2.58. The molecule has 2 N–H and O–H groups in total. The van der Waals surface area contributed by atoms with Gasteiger partial charge in [-0.3, -0.25) is 4.99 Å². The number of quaternary nitrogens is 1. The molecular formula is C12H12ClN5O. The molecule has 1 aromatic carbocycles. The number of aliphatic imine (C=N–C) groups is 2. The second-order valence-corrected chi connectivity index (χ2v) is 3.77. The summed E-state index contributed by atoms with van der Waals surface area (Å²) in [7, 11) is 1.64. The molecule has 7 heteroatoms. The van der Waals surface area contributed by atoms with Crippen molar-refractivity contribution >= 4 is 23.7 Å². The molecule has 2 aliphatic rings. The molecule has 2 aliphatic heterocycles. The Morgan fingerprint density at radius 3 is 2.68 bits per heavy atom. The minimum Gasteiger partial charge on any atom is -1.00 e. The lowest BCUT2D eigenvalue weighted by molar-refractivity contribution is -0.748. The maximum Gasteiger partial charge on any atom is 0.286 e. The number of benzene rings is 1. The van der Waals surface area contributed by atoms with Crippen molar-refractivity contribution < 1.29 is 22.2 Å². The van der Waals surface area contributed by atoms with Crippen LogP contribution in [0.3, 0.4) is 0 Å². The van der Waals surface area contributed by atoms with E-state index >= 15 is 0 Å². The van der Waals surface area contributed by atoms with E-state index in [1.165, 1.54) is 0 Å². The van der Waals surface area contributed by atoms with E-state index in [0.717, 1.165) is 22.3 Å². The number of amidine groups is 1. The lowest BCUT2D eigenvalue weighted by Crippen LogP contribution is -3.05. The van der Waals surface area contributed by atoms with Crippen LogP contribution in [0.25, 0.3) is 0 Å². The van der Waals surface area contributed by atoms with E-state index in [1.54, 1.807) is 19.5 Å². The standard InChI is InChI=1S/C12H11N5O.ClH/c1-18-10-4-2-9(3-5-10)14-12-15-11-8-13-6-7-17(11)16-12;/h2-8H,1H3,(H,14,16);1H. The quantitative estimate of drug-likeness (QED) is 0.615. The molecule has 1 atom stereocenters. The zero-order valence-corrected chi connectivity index (χ0v) is 10.9. The van der Waals surface area contributed by atoms with Crippen LogP contribution >= 0.6 is 0 Å². The predicted octanol–water partition coefficient (Wildman–Crippen LogP) is -2.77. The van der Waals surface area contributed by atoms with Gasteiger partial charge in [-0.2, -0.15) is 4.99 Å². The van der Waals surface area contributed by atoms with Crippen LogP contribution in [-0.4, -0.2) is 25.1 Å². The smallest absolute Gasteiger partial charge is 0.286 e. The van der Waals surface area contributed by atoms with Gasteiger partial charge in [0.1, 0.15) is 18.2 Å². The van der Waals surface area contributed by atoms with E-state index in [4.69, 9.17) is 4.74 Å². The summed E-state index contributed by atoms with van der Waals surface area (Å²) < 4.78 is 5.10. The minimum atomic E-state index is 0. The Morgan fingerprint density at radius 1 is 1.21 bits per heavy atom. The molecule has 0 bridgehead atoms. The summed E-state index contributed by atoms with van der Waals surface area (Å²) >= 11 is 0. The van der Waals surface area contributed by atoms with Gasteiger partial charge in [0.15, 0.2) is 0 Å². The van der Waals surface area contributed by atoms with Gasteiger partial charge in [0, 0.05) is 5.69 Å². The number of hydrogen-bond donors (Lipinski definition) is 2. The Kier molecular flexibility index (Phi) is 3.94. The fourth-order valence-electron chi connectivity index (χ4n) is 1.67. The topological polar surface area (TPSA) is 62.8 Å². The molecule has 0 aliphatic carbocycles. The molecule has 1 unspecified atom stereocenters. The van der Waals surface area contributed by atoms with E-state index in [0.29, 0.717) is 5.96 Å². The fraction of sp³-hybridized carbons (Fsp3) is 0.0833. The first-order valence-corrected chi connectivity index (χ1v) is 5.51. The monoisotopic (exact) mass is 277 g/mol. The molecule has 98 valence electrons. The van der Waals surface area contributed by atoms with Gasteiger partial charge < -0.3 is 22.5 Å². The van der Waals surface area contributed by atoms with Crippen LogP contribution in [-0.2, 0) is 0 Å². The fourth-order valence-corrected chi connectivity index (χ4v) is 1.67. The van der Waals surface area contributed by atoms with Crippen LogP contribution < -0.4 is 27.5 Å². The summed E-state index contributed by atoms with van der Waals surface area (Å²) in [6, 6.07) is 7.59. The number of methoxy groups -OCH3 is 1. The van der Waals surface area contributed by atoms with Gasteiger partial charge in [0.2, 0.25) is 0 Å². The third kappa shape index (κ3) is 2.81. The Hall–Kier alpha value is -2.18. The van der Waals surface area contributed by atoms with Crippen molar-refractivity contribution in [2.75, 3.05) is 12.4 Å². The average Bonchev–Trinajstić information content (AvgIpc) is 2.82. The van der Waals surface area contributed by atoms with Crippen molar-refractivity contribution in [1.29, 1.82) is 0 Å². The zero-order chi connectivity index (χ0) is 12.4. The Labute approximate surface area is 116 Å². The van der Waals surface area contributed by atoms with Crippen LogP contribution in [0.1, 0.15) is 0 Å². The summed E-state index contributed by atoms with van der Waals surface area (Å²) in [5.74, 6) is 2.18. The summed E-state index contributed by atoms with van der Waals surface area (Å²) in [5, 5.41) is 8.33. The SMILES string of the molecule is COc1ccc(NC2=N[NH+]3C=CN=CC3=N2)cc1.[Cl-]. The molecule has 0 aromatic heterocycles. The van der Waals surface area contributed by atoms with Crippen molar-refractivity contribution in [2.24, 2.45) is 15.1 Å². The van der Waals surface area contributed by atoms with Crippen molar-refractivity contribution in [3.63, 3.8) is 0 Å². The van der Waals surface area contributed by atoms with Gasteiger partial charge in [-0.15, -0.1) is 5.01 Å². The normalized spacial score (nSPS) is 19.1. The molecule has 0 amide bonds. The highest BCUT2D eigenvalue weighted by atomic mass is 35.5. The van der Waals surface area contributed by atoms with Crippen LogP contribution in [0, 0.1) is 0 Å². The van der Waals surface area contributed by atoms with Gasteiger partial charge in [0.25, 0.3) is 11.8 Å². The summed E-state index contributed by atoms with van der Waals surface area (Å²) in [6.45, 7) is 0. The number of nitrogens with one attached hydrogen (secondary N) is 2. The molecular weight excluding hydrogens is 266 g/mol. The summed E-state index contributed by atoms with van der Waals surface area (Å²) in [5.41, 5.74) is 0.916. The molecule has 1 aromatic rings. The minimum absolute atomic E-state index is 0. The van der Waals surface area contributed by atoms with E-state index in [9.17, 15) is 0 Å². The lowest BCUT2D eigenvalue weighted by atomic mass is 10.3. The number of halogens is 1. The highest BCUT2D eigenvalue weighted by Gasteiger charge is 2.24. The summed E-state index contributed by atoms with van der Waals surface area (Å²) in [6.07, 6.45) is 5.23. The molecule has 0 radical (unpaired) electrons. The molecule has 0 saturated carbocycles. The molecule has 0 spiro atoms. The third-order valence-corrected chi connectivity index (χ3v) is 2.58. The number of ether oxygens (including phenoxy) is 1. The zero-order valence-electron chi connectivity index (χ0n) is 10.2. The number of nitrogens with zero attached hydrogens (tertiary/aromatic N) is 3. The molecule has 6 nitrogen and oxygen atoms in total. The molecule has 3 rings (SSSR count). The van der Waals surface area contributed by atoms with Crippen LogP contribution in [0.2, 0.25) is 0 Å². The van der Waals surface area contributed by atoms with E-state index in [-0.39, 0.29) is 12.4 Å². The predicted molar refractivity (Wildman–Crippen MR) is 70.1 cm³/mol. The molecule has 0 saturated heterocycles. The highest BCUT2D eigenvalue weighted by molar-refractivity contribution is 6.29. The number of hydrogen-bond acceptors (Lipinski definition) is 5. The Bertz CT molecular complexity index is 576. The second-order valence-electron chi connectivity index (χ2n) is 3.77. The van der Waals surface area contributed by atoms with Crippen LogP contribution in [0.4, 0.5) is 5.69 Å². The van der Waals surface area contributed by atoms with E-state index < -0.39 is 0 Å².